The molecule has 1 N–H and O–H groups in total. The lowest BCUT2D eigenvalue weighted by molar-refractivity contribution is 0.222. The van der Waals surface area contributed by atoms with Crippen LogP contribution in [0.3, 0.4) is 0 Å². The fraction of sp³-hybridized carbons (Fsp3) is 0.250. The third-order valence-electron chi connectivity index (χ3n) is 0.683. The van der Waals surface area contributed by atoms with Gasteiger partial charge in [-0.05, 0) is 6.08 Å². The second-order valence-corrected chi connectivity index (χ2v) is 4.79. The van der Waals surface area contributed by atoms with Crippen LogP contribution in [0.1, 0.15) is 0 Å². The molecule has 0 fully saturated rings. The van der Waals surface area contributed by atoms with Crippen LogP contribution in [-0.2, 0) is 9.93 Å². The van der Waals surface area contributed by atoms with Gasteiger partial charge in [-0.1, -0.05) is 0 Å². The van der Waals surface area contributed by atoms with Crippen molar-refractivity contribution >= 4 is 26.0 Å². The molecular formula is C4H5O2S2+. The number of hydrogen-bond acceptors (Lipinski definition) is 2. The Kier molecular flexibility index (Phi) is 1.85. The van der Waals surface area contributed by atoms with E-state index in [1.54, 1.807) is 5.41 Å². The van der Waals surface area contributed by atoms with Gasteiger partial charge in [0.1, 0.15) is 16.2 Å². The fourth-order valence-electron chi connectivity index (χ4n) is 0.387. The van der Waals surface area contributed by atoms with E-state index >= 15 is 0 Å². The van der Waals surface area contributed by atoms with E-state index in [0.29, 0.717) is 0 Å². The molecule has 44 valence electrons. The van der Waals surface area contributed by atoms with Gasteiger partial charge in [0.15, 0.2) is 0 Å². The Morgan fingerprint density at radius 2 is 2.62 bits per heavy atom. The highest BCUT2D eigenvalue weighted by atomic mass is 33.1. The summed E-state index contributed by atoms with van der Waals surface area (Å²) >= 11 is 0. The SMILES string of the molecule is O=C(O)[S+]1C=CCS1. The summed E-state index contributed by atoms with van der Waals surface area (Å²) < 4.78 is 0. The predicted octanol–water partition coefficient (Wildman–Crippen LogP) is 1.46. The molecule has 1 aliphatic heterocycles. The largest absolute Gasteiger partial charge is 0.541 e. The monoisotopic (exact) mass is 149 g/mol. The summed E-state index contributed by atoms with van der Waals surface area (Å²) in [4.78, 5) is 10.1. The molecule has 0 aromatic heterocycles. The van der Waals surface area contributed by atoms with Gasteiger partial charge in [0, 0.05) is 0 Å². The molecule has 1 rings (SSSR count). The van der Waals surface area contributed by atoms with E-state index in [-0.39, 0.29) is 0 Å². The molecule has 0 aromatic rings. The van der Waals surface area contributed by atoms with Crippen molar-refractivity contribution in [3.8, 4) is 0 Å². The van der Waals surface area contributed by atoms with Crippen molar-refractivity contribution in [2.24, 2.45) is 0 Å². The van der Waals surface area contributed by atoms with E-state index in [9.17, 15) is 4.79 Å². The summed E-state index contributed by atoms with van der Waals surface area (Å²) in [7, 11) is 0.941. The molecule has 2 nitrogen and oxygen atoms in total. The zero-order valence-electron chi connectivity index (χ0n) is 4.03. The normalized spacial score (nSPS) is 26.2. The van der Waals surface area contributed by atoms with Gasteiger partial charge in [0.2, 0.25) is 9.93 Å². The van der Waals surface area contributed by atoms with Crippen LogP contribution in [0.15, 0.2) is 11.5 Å². The summed E-state index contributed by atoms with van der Waals surface area (Å²) in [5.41, 5.74) is 0. The van der Waals surface area contributed by atoms with Gasteiger partial charge in [-0.3, -0.25) is 0 Å². The lowest BCUT2D eigenvalue weighted by atomic mass is 10.8. The molecular weight excluding hydrogens is 144 g/mol. The van der Waals surface area contributed by atoms with Crippen molar-refractivity contribution in [3.63, 3.8) is 0 Å². The van der Waals surface area contributed by atoms with Crippen LogP contribution in [-0.4, -0.2) is 16.2 Å². The molecule has 0 bridgehead atoms. The number of carbonyl (C=O) groups is 1. The van der Waals surface area contributed by atoms with Gasteiger partial charge in [-0.25, -0.2) is 0 Å². The Hall–Kier alpha value is -0.0900. The molecule has 4 heteroatoms. The zero-order valence-corrected chi connectivity index (χ0v) is 5.67. The molecule has 0 aliphatic carbocycles. The third kappa shape index (κ3) is 1.20. The summed E-state index contributed by atoms with van der Waals surface area (Å²) in [6, 6.07) is 0. The standard InChI is InChI=1S/C4H4O2S2/c5-4(6)8-3-1-2-7-8/h1,3H,2H2/p+1. The van der Waals surface area contributed by atoms with Gasteiger partial charge < -0.3 is 5.11 Å². The Bertz CT molecular complexity index is 132. The van der Waals surface area contributed by atoms with Crippen molar-refractivity contribution in [3.05, 3.63) is 11.5 Å². The molecule has 1 heterocycles. The lowest BCUT2D eigenvalue weighted by Gasteiger charge is -1.80. The first kappa shape index (κ1) is 6.04. The molecule has 0 aromatic carbocycles. The smallest absolute Gasteiger partial charge is 0.440 e. The van der Waals surface area contributed by atoms with Gasteiger partial charge in [0.25, 0.3) is 0 Å². The van der Waals surface area contributed by atoms with E-state index in [2.05, 4.69) is 0 Å². The quantitative estimate of drug-likeness (QED) is 0.418. The summed E-state index contributed by atoms with van der Waals surface area (Å²) in [5.74, 6) is 0.857. The first-order chi connectivity index (χ1) is 3.80. The van der Waals surface area contributed by atoms with Crippen molar-refractivity contribution in [2.45, 2.75) is 0 Å². The average molecular weight is 149 g/mol. The van der Waals surface area contributed by atoms with E-state index in [1.165, 1.54) is 10.8 Å². The Labute approximate surface area is 53.7 Å². The van der Waals surface area contributed by atoms with Gasteiger partial charge >= 0.3 is 5.30 Å². The number of carboxylic acid groups (broad SMARTS) is 1. The lowest BCUT2D eigenvalue weighted by Crippen LogP contribution is -2.00. The molecule has 0 radical (unpaired) electrons. The molecule has 0 amide bonds. The maximum absolute atomic E-state index is 10.1. The third-order valence-corrected chi connectivity index (χ3v) is 3.98. The van der Waals surface area contributed by atoms with Crippen molar-refractivity contribution in [1.29, 1.82) is 0 Å². The maximum atomic E-state index is 10.1. The van der Waals surface area contributed by atoms with Crippen LogP contribution in [0.2, 0.25) is 0 Å². The Morgan fingerprint density at radius 1 is 1.88 bits per heavy atom. The molecule has 8 heavy (non-hydrogen) atoms. The molecule has 1 aliphatic rings. The zero-order chi connectivity index (χ0) is 5.98. The van der Waals surface area contributed by atoms with Gasteiger partial charge in [-0.15, -0.1) is 0 Å². The molecule has 1 atom stereocenters. The van der Waals surface area contributed by atoms with Crippen LogP contribution < -0.4 is 0 Å². The summed E-state index contributed by atoms with van der Waals surface area (Å²) in [5, 5.41) is 9.39. The Balaban J connectivity index is 2.48. The summed E-state index contributed by atoms with van der Waals surface area (Å²) in [6.07, 6.45) is 1.89. The number of hydrogen-bond donors (Lipinski definition) is 1. The van der Waals surface area contributed by atoms with Crippen molar-refractivity contribution < 1.29 is 9.90 Å². The highest BCUT2D eigenvalue weighted by Gasteiger charge is 2.31. The molecule has 0 spiro atoms. The minimum absolute atomic E-state index is 0.526. The van der Waals surface area contributed by atoms with Crippen molar-refractivity contribution in [2.75, 3.05) is 5.75 Å². The highest BCUT2D eigenvalue weighted by Crippen LogP contribution is 2.24. The molecule has 0 saturated carbocycles. The van der Waals surface area contributed by atoms with E-state index < -0.39 is 15.2 Å². The minimum Gasteiger partial charge on any atom is -0.440 e. The van der Waals surface area contributed by atoms with E-state index in [4.69, 9.17) is 5.11 Å². The topological polar surface area (TPSA) is 37.3 Å². The van der Waals surface area contributed by atoms with Crippen LogP contribution in [0, 0.1) is 0 Å². The van der Waals surface area contributed by atoms with Crippen LogP contribution in [0.5, 0.6) is 0 Å². The first-order valence-corrected chi connectivity index (χ1v) is 4.85. The summed E-state index contributed by atoms with van der Waals surface area (Å²) in [6.45, 7) is 0. The Morgan fingerprint density at radius 3 is 2.88 bits per heavy atom. The second kappa shape index (κ2) is 2.46. The maximum Gasteiger partial charge on any atom is 0.541 e. The van der Waals surface area contributed by atoms with E-state index in [0.717, 1.165) is 5.75 Å². The minimum atomic E-state index is -0.705. The number of rotatable bonds is 0. The van der Waals surface area contributed by atoms with Gasteiger partial charge in [-0.2, -0.15) is 4.79 Å². The molecule has 1 unspecified atom stereocenters. The van der Waals surface area contributed by atoms with Crippen molar-refractivity contribution in [1.82, 2.24) is 0 Å². The van der Waals surface area contributed by atoms with Crippen LogP contribution >= 0.6 is 10.8 Å². The van der Waals surface area contributed by atoms with Crippen LogP contribution in [0.25, 0.3) is 0 Å². The highest BCUT2D eigenvalue weighted by molar-refractivity contribution is 8.80. The van der Waals surface area contributed by atoms with Crippen LogP contribution in [0.4, 0.5) is 4.79 Å². The predicted molar refractivity (Wildman–Crippen MR) is 37.0 cm³/mol. The second-order valence-electron chi connectivity index (χ2n) is 1.22. The first-order valence-electron chi connectivity index (χ1n) is 2.06. The van der Waals surface area contributed by atoms with E-state index in [1.807, 2.05) is 6.08 Å². The van der Waals surface area contributed by atoms with Gasteiger partial charge in [0.05, 0.1) is 5.75 Å². The average Bonchev–Trinajstić information content (AvgIpc) is 2.12. The fourth-order valence-corrected chi connectivity index (χ4v) is 2.85. The molecule has 0 saturated heterocycles.